The van der Waals surface area contributed by atoms with Crippen LogP contribution < -0.4 is 10.1 Å². The van der Waals surface area contributed by atoms with Crippen molar-refractivity contribution in [2.75, 3.05) is 13.2 Å². The van der Waals surface area contributed by atoms with Crippen molar-refractivity contribution in [2.45, 2.75) is 24.8 Å². The first-order valence-electron chi connectivity index (χ1n) is 5.89. The predicted molar refractivity (Wildman–Crippen MR) is 64.2 cm³/mol. The first-order chi connectivity index (χ1) is 8.23. The third kappa shape index (κ3) is 2.77. The second-order valence-corrected chi connectivity index (χ2v) is 4.33. The third-order valence-corrected chi connectivity index (χ3v) is 3.19. The summed E-state index contributed by atoms with van der Waals surface area (Å²) >= 11 is 0. The van der Waals surface area contributed by atoms with E-state index in [2.05, 4.69) is 5.32 Å². The van der Waals surface area contributed by atoms with Gasteiger partial charge >= 0.3 is 5.97 Å². The van der Waals surface area contributed by atoms with Gasteiger partial charge in [-0.25, -0.2) is 0 Å². The first-order valence-corrected chi connectivity index (χ1v) is 5.89. The fraction of sp³-hybridized carbons (Fsp3) is 0.462. The fourth-order valence-corrected chi connectivity index (χ4v) is 1.97. The average Bonchev–Trinajstić information content (AvgIpc) is 2.27. The van der Waals surface area contributed by atoms with Crippen LogP contribution in [0.4, 0.5) is 0 Å². The number of para-hydroxylation sites is 1. The Labute approximate surface area is 101 Å². The van der Waals surface area contributed by atoms with Crippen molar-refractivity contribution in [1.82, 2.24) is 5.32 Å². The van der Waals surface area contributed by atoms with E-state index in [-0.39, 0.29) is 0 Å². The van der Waals surface area contributed by atoms with Gasteiger partial charge in [0.15, 0.2) is 0 Å². The van der Waals surface area contributed by atoms with Crippen LogP contribution in [0, 0.1) is 0 Å². The van der Waals surface area contributed by atoms with E-state index in [1.807, 2.05) is 30.3 Å². The fourth-order valence-electron chi connectivity index (χ4n) is 1.97. The lowest BCUT2D eigenvalue weighted by atomic mass is 9.77. The number of hydrogen-bond donors (Lipinski definition) is 2. The normalized spacial score (nSPS) is 17.2. The van der Waals surface area contributed by atoms with Crippen molar-refractivity contribution < 1.29 is 14.6 Å². The van der Waals surface area contributed by atoms with Gasteiger partial charge in [0.1, 0.15) is 17.9 Å². The minimum atomic E-state index is -0.747. The third-order valence-electron chi connectivity index (χ3n) is 3.19. The van der Waals surface area contributed by atoms with E-state index < -0.39 is 11.5 Å². The molecule has 92 valence electrons. The maximum absolute atomic E-state index is 11.1. The van der Waals surface area contributed by atoms with Crippen molar-refractivity contribution in [3.63, 3.8) is 0 Å². The maximum atomic E-state index is 11.1. The molecular formula is C13H17NO3. The number of nitrogens with one attached hydrogen (secondary N) is 1. The number of carboxylic acids is 1. The second kappa shape index (κ2) is 5.19. The van der Waals surface area contributed by atoms with E-state index in [0.29, 0.717) is 26.0 Å². The Hall–Kier alpha value is -1.55. The molecule has 0 amide bonds. The molecule has 0 atom stereocenters. The zero-order valence-electron chi connectivity index (χ0n) is 9.69. The summed E-state index contributed by atoms with van der Waals surface area (Å²) in [7, 11) is 0. The molecule has 4 heteroatoms. The zero-order chi connectivity index (χ0) is 12.1. The molecule has 1 fully saturated rings. The maximum Gasteiger partial charge on any atom is 0.323 e. The summed E-state index contributed by atoms with van der Waals surface area (Å²) in [6.45, 7) is 1.04. The molecule has 2 N–H and O–H groups in total. The Morgan fingerprint density at radius 3 is 2.59 bits per heavy atom. The molecule has 0 spiro atoms. The minimum Gasteiger partial charge on any atom is -0.492 e. The van der Waals surface area contributed by atoms with E-state index in [1.54, 1.807) is 0 Å². The van der Waals surface area contributed by atoms with Crippen LogP contribution in [0.25, 0.3) is 0 Å². The molecule has 0 unspecified atom stereocenters. The molecule has 17 heavy (non-hydrogen) atoms. The van der Waals surface area contributed by atoms with Crippen LogP contribution in [0.15, 0.2) is 30.3 Å². The summed E-state index contributed by atoms with van der Waals surface area (Å²) in [5.41, 5.74) is -0.694. The Morgan fingerprint density at radius 1 is 1.35 bits per heavy atom. The Kier molecular flexibility index (Phi) is 3.64. The summed E-state index contributed by atoms with van der Waals surface area (Å²) in [4.78, 5) is 11.1. The summed E-state index contributed by atoms with van der Waals surface area (Å²) in [6, 6.07) is 9.52. The van der Waals surface area contributed by atoms with Crippen molar-refractivity contribution in [2.24, 2.45) is 0 Å². The van der Waals surface area contributed by atoms with Crippen LogP contribution >= 0.6 is 0 Å². The number of hydrogen-bond acceptors (Lipinski definition) is 3. The molecule has 1 aromatic rings. The molecule has 0 saturated heterocycles. The topological polar surface area (TPSA) is 58.6 Å². The number of ether oxygens (including phenoxy) is 1. The molecule has 0 aliphatic heterocycles. The van der Waals surface area contributed by atoms with Gasteiger partial charge in [-0.05, 0) is 31.4 Å². The lowest BCUT2D eigenvalue weighted by Gasteiger charge is -2.38. The molecule has 0 heterocycles. The van der Waals surface area contributed by atoms with E-state index in [9.17, 15) is 4.79 Å². The van der Waals surface area contributed by atoms with Gasteiger partial charge in [0.25, 0.3) is 0 Å². The van der Waals surface area contributed by atoms with Crippen LogP contribution in [0.2, 0.25) is 0 Å². The molecule has 2 rings (SSSR count). The number of carbonyl (C=O) groups is 1. The van der Waals surface area contributed by atoms with Gasteiger partial charge < -0.3 is 9.84 Å². The van der Waals surface area contributed by atoms with Crippen LogP contribution in [0.5, 0.6) is 5.75 Å². The zero-order valence-corrected chi connectivity index (χ0v) is 9.69. The highest BCUT2D eigenvalue weighted by molar-refractivity contribution is 5.79. The lowest BCUT2D eigenvalue weighted by molar-refractivity contribution is -0.148. The first kappa shape index (κ1) is 11.9. The quantitative estimate of drug-likeness (QED) is 0.736. The molecule has 1 saturated carbocycles. The van der Waals surface area contributed by atoms with Gasteiger partial charge in [0, 0.05) is 6.54 Å². The summed E-state index contributed by atoms with van der Waals surface area (Å²) in [5, 5.41) is 12.2. The van der Waals surface area contributed by atoms with Crippen molar-refractivity contribution in [3.8, 4) is 5.75 Å². The number of aliphatic carboxylic acids is 1. The molecule has 1 aliphatic rings. The van der Waals surface area contributed by atoms with Gasteiger partial charge in [-0.15, -0.1) is 0 Å². The smallest absolute Gasteiger partial charge is 0.323 e. The van der Waals surface area contributed by atoms with Crippen LogP contribution in [0.3, 0.4) is 0 Å². The van der Waals surface area contributed by atoms with Crippen molar-refractivity contribution in [3.05, 3.63) is 30.3 Å². The van der Waals surface area contributed by atoms with Crippen molar-refractivity contribution >= 4 is 5.97 Å². The highest BCUT2D eigenvalue weighted by atomic mass is 16.5. The molecule has 4 nitrogen and oxygen atoms in total. The Balaban J connectivity index is 1.71. The summed E-state index contributed by atoms with van der Waals surface area (Å²) in [5.74, 6) is 0.0655. The number of benzene rings is 1. The minimum absolute atomic E-state index is 0.485. The van der Waals surface area contributed by atoms with E-state index in [0.717, 1.165) is 12.2 Å². The molecule has 0 bridgehead atoms. The van der Waals surface area contributed by atoms with E-state index in [4.69, 9.17) is 9.84 Å². The largest absolute Gasteiger partial charge is 0.492 e. The van der Waals surface area contributed by atoms with Gasteiger partial charge in [0.05, 0.1) is 0 Å². The van der Waals surface area contributed by atoms with Gasteiger partial charge in [0.2, 0.25) is 0 Å². The van der Waals surface area contributed by atoms with Crippen molar-refractivity contribution in [1.29, 1.82) is 0 Å². The lowest BCUT2D eigenvalue weighted by Crippen LogP contribution is -2.57. The van der Waals surface area contributed by atoms with Gasteiger partial charge in [-0.3, -0.25) is 10.1 Å². The van der Waals surface area contributed by atoms with Gasteiger partial charge in [-0.2, -0.15) is 0 Å². The number of rotatable bonds is 6. The summed E-state index contributed by atoms with van der Waals surface area (Å²) in [6.07, 6.45) is 2.42. The monoisotopic (exact) mass is 235 g/mol. The predicted octanol–water partition coefficient (Wildman–Crippen LogP) is 1.66. The van der Waals surface area contributed by atoms with E-state index >= 15 is 0 Å². The molecule has 0 aromatic heterocycles. The molecule has 1 aromatic carbocycles. The van der Waals surface area contributed by atoms with Gasteiger partial charge in [-0.1, -0.05) is 18.2 Å². The van der Waals surface area contributed by atoms with Crippen LogP contribution in [-0.2, 0) is 4.79 Å². The Bertz CT molecular complexity index is 374. The van der Waals surface area contributed by atoms with E-state index in [1.165, 1.54) is 0 Å². The average molecular weight is 235 g/mol. The highest BCUT2D eigenvalue weighted by Crippen LogP contribution is 2.31. The summed E-state index contributed by atoms with van der Waals surface area (Å²) < 4.78 is 5.49. The highest BCUT2D eigenvalue weighted by Gasteiger charge is 2.43. The van der Waals surface area contributed by atoms with Crippen LogP contribution in [-0.4, -0.2) is 29.8 Å². The SMILES string of the molecule is O=C(O)C1(NCCOc2ccccc2)CCC1. The van der Waals surface area contributed by atoms with Crippen LogP contribution in [0.1, 0.15) is 19.3 Å². The second-order valence-electron chi connectivity index (χ2n) is 4.33. The standard InChI is InChI=1S/C13H17NO3/c15-12(16)13(7-4-8-13)14-9-10-17-11-5-2-1-3-6-11/h1-3,5-6,14H,4,7-10H2,(H,15,16). The Morgan fingerprint density at radius 2 is 2.06 bits per heavy atom. The number of carboxylic acid groups (broad SMARTS) is 1. The molecular weight excluding hydrogens is 218 g/mol. The molecule has 0 radical (unpaired) electrons. The molecule has 1 aliphatic carbocycles.